The summed E-state index contributed by atoms with van der Waals surface area (Å²) in [6.45, 7) is 18.7. The molecule has 0 radical (unpaired) electrons. The Hall–Kier alpha value is -2.35. The molecule has 1 heterocycles. The van der Waals surface area contributed by atoms with Crippen LogP contribution in [0.15, 0.2) is 12.1 Å². The van der Waals surface area contributed by atoms with Gasteiger partial charge in [0.05, 0.1) is 19.2 Å². The van der Waals surface area contributed by atoms with Gasteiger partial charge in [-0.1, -0.05) is 41.5 Å². The quantitative estimate of drug-likeness (QED) is 0.269. The Morgan fingerprint density at radius 2 is 1.59 bits per heavy atom. The molecule has 2 rings (SSSR count). The predicted molar refractivity (Wildman–Crippen MR) is 135 cm³/mol. The zero-order chi connectivity index (χ0) is 26.0. The van der Waals surface area contributed by atoms with Crippen molar-refractivity contribution in [1.29, 1.82) is 0 Å². The van der Waals surface area contributed by atoms with Gasteiger partial charge in [-0.15, -0.1) is 0 Å². The normalized spacial score (nSPS) is 16.5. The molecule has 0 saturated carbocycles. The molecule has 1 atom stereocenters. The Kier molecular flexibility index (Phi) is 8.61. The fourth-order valence-corrected chi connectivity index (χ4v) is 10.5. The van der Waals surface area contributed by atoms with Gasteiger partial charge in [-0.25, -0.2) is 9.59 Å². The summed E-state index contributed by atoms with van der Waals surface area (Å²) >= 11 is 0. The van der Waals surface area contributed by atoms with E-state index in [9.17, 15) is 14.4 Å². The summed E-state index contributed by atoms with van der Waals surface area (Å²) in [5, 5.41) is 0. The van der Waals surface area contributed by atoms with Gasteiger partial charge in [-0.2, -0.15) is 0 Å². The van der Waals surface area contributed by atoms with E-state index in [0.717, 1.165) is 17.4 Å². The van der Waals surface area contributed by atoms with Crippen LogP contribution >= 0.6 is 0 Å². The van der Waals surface area contributed by atoms with Gasteiger partial charge in [-0.3, -0.25) is 9.69 Å². The van der Waals surface area contributed by atoms with Crippen LogP contribution in [0.5, 0.6) is 5.75 Å². The molecule has 0 N–H and O–H groups in total. The molecular formula is C26H41NO6Si. The van der Waals surface area contributed by atoms with Gasteiger partial charge in [0.15, 0.2) is 6.29 Å². The number of rotatable bonds is 7. The standard InChI is InChI=1S/C26H41NO6Si/c1-16(2)34(17(3)4,18(5)6)33-23-13-20-14-27(25(30)32-26(7,8)9)22(24(29)31-10)12-19(20)11-21(23)15-28/h11,13,15-18,22H,12,14H2,1-10H3/t22-/m0/s1. The van der Waals surface area contributed by atoms with Crippen molar-refractivity contribution in [2.75, 3.05) is 7.11 Å². The number of amides is 1. The van der Waals surface area contributed by atoms with E-state index < -0.39 is 32.0 Å². The van der Waals surface area contributed by atoms with E-state index in [0.29, 0.717) is 27.9 Å². The fraction of sp³-hybridized carbons (Fsp3) is 0.654. The van der Waals surface area contributed by atoms with E-state index in [1.807, 2.05) is 6.07 Å². The smallest absolute Gasteiger partial charge is 0.411 e. The second-order valence-corrected chi connectivity index (χ2v) is 16.4. The molecule has 1 aromatic rings. The average molecular weight is 492 g/mol. The van der Waals surface area contributed by atoms with Gasteiger partial charge in [0, 0.05) is 6.42 Å². The number of benzene rings is 1. The maximum atomic E-state index is 13.0. The Morgan fingerprint density at radius 1 is 1.03 bits per heavy atom. The number of ether oxygens (including phenoxy) is 2. The molecule has 190 valence electrons. The predicted octanol–water partition coefficient (Wildman–Crippen LogP) is 5.89. The molecule has 0 unspecified atom stereocenters. The van der Waals surface area contributed by atoms with Gasteiger partial charge in [0.1, 0.15) is 17.4 Å². The highest BCUT2D eigenvalue weighted by molar-refractivity contribution is 6.78. The largest absolute Gasteiger partial charge is 0.542 e. The summed E-state index contributed by atoms with van der Waals surface area (Å²) in [6.07, 6.45) is 0.470. The van der Waals surface area contributed by atoms with Crippen LogP contribution < -0.4 is 4.43 Å². The maximum Gasteiger partial charge on any atom is 0.411 e. The lowest BCUT2D eigenvalue weighted by Gasteiger charge is -2.43. The van der Waals surface area contributed by atoms with Crippen molar-refractivity contribution >= 4 is 26.7 Å². The van der Waals surface area contributed by atoms with Crippen molar-refractivity contribution in [3.05, 3.63) is 28.8 Å². The first kappa shape index (κ1) is 27.9. The zero-order valence-corrected chi connectivity index (χ0v) is 23.4. The Labute approximate surface area is 205 Å². The van der Waals surface area contributed by atoms with Crippen molar-refractivity contribution in [3.63, 3.8) is 0 Å². The van der Waals surface area contributed by atoms with E-state index in [-0.39, 0.29) is 13.0 Å². The second-order valence-electron chi connectivity index (χ2n) is 11.0. The van der Waals surface area contributed by atoms with Crippen LogP contribution in [0.1, 0.15) is 83.8 Å². The van der Waals surface area contributed by atoms with Gasteiger partial charge >= 0.3 is 12.1 Å². The minimum atomic E-state index is -2.31. The molecule has 1 amide bonds. The first-order chi connectivity index (χ1) is 15.7. The van der Waals surface area contributed by atoms with E-state index in [1.165, 1.54) is 12.0 Å². The number of nitrogens with zero attached hydrogens (tertiary/aromatic N) is 1. The van der Waals surface area contributed by atoms with Crippen LogP contribution in [-0.4, -0.2) is 50.3 Å². The molecule has 1 aliphatic rings. The third kappa shape index (κ3) is 5.65. The van der Waals surface area contributed by atoms with Crippen LogP contribution in [0.3, 0.4) is 0 Å². The van der Waals surface area contributed by atoms with Gasteiger partial charge in [0.2, 0.25) is 0 Å². The summed E-state index contributed by atoms with van der Waals surface area (Å²) in [6, 6.07) is 2.84. The first-order valence-electron chi connectivity index (χ1n) is 12.0. The summed E-state index contributed by atoms with van der Waals surface area (Å²) in [5.41, 5.74) is 2.44. The third-order valence-corrected chi connectivity index (χ3v) is 12.7. The molecule has 34 heavy (non-hydrogen) atoms. The molecule has 0 bridgehead atoms. The maximum absolute atomic E-state index is 13.0. The molecule has 8 heteroatoms. The van der Waals surface area contributed by atoms with Crippen molar-refractivity contribution in [3.8, 4) is 5.75 Å². The molecule has 0 aromatic heterocycles. The van der Waals surface area contributed by atoms with Crippen molar-refractivity contribution in [2.24, 2.45) is 0 Å². The number of esters is 1. The monoisotopic (exact) mass is 491 g/mol. The highest BCUT2D eigenvalue weighted by atomic mass is 28.4. The summed E-state index contributed by atoms with van der Waals surface area (Å²) in [5.74, 6) is 0.0347. The minimum absolute atomic E-state index is 0.166. The number of hydrogen-bond donors (Lipinski definition) is 0. The lowest BCUT2D eigenvalue weighted by Crippen LogP contribution is -2.51. The van der Waals surface area contributed by atoms with Crippen LogP contribution in [-0.2, 0) is 27.2 Å². The summed E-state index contributed by atoms with van der Waals surface area (Å²) in [7, 11) is -1.01. The lowest BCUT2D eigenvalue weighted by atomic mass is 9.92. The number of carbonyl (C=O) groups is 3. The van der Waals surface area contributed by atoms with Gasteiger partial charge in [-0.05, 0) is 60.7 Å². The molecular weight excluding hydrogens is 450 g/mol. The van der Waals surface area contributed by atoms with Gasteiger partial charge < -0.3 is 13.9 Å². The van der Waals surface area contributed by atoms with Crippen LogP contribution in [0.25, 0.3) is 0 Å². The zero-order valence-electron chi connectivity index (χ0n) is 22.4. The molecule has 7 nitrogen and oxygen atoms in total. The highest BCUT2D eigenvalue weighted by Crippen LogP contribution is 2.44. The summed E-state index contributed by atoms with van der Waals surface area (Å²) in [4.78, 5) is 39.0. The Balaban J connectivity index is 2.57. The van der Waals surface area contributed by atoms with Crippen LogP contribution in [0.4, 0.5) is 4.79 Å². The molecule has 0 spiro atoms. The fourth-order valence-electron chi connectivity index (χ4n) is 5.22. The number of fused-ring (bicyclic) bond motifs is 1. The Morgan fingerprint density at radius 3 is 2.03 bits per heavy atom. The second kappa shape index (κ2) is 10.5. The van der Waals surface area contributed by atoms with E-state index >= 15 is 0 Å². The van der Waals surface area contributed by atoms with Crippen LogP contribution in [0, 0.1) is 0 Å². The minimum Gasteiger partial charge on any atom is -0.542 e. The van der Waals surface area contributed by atoms with E-state index in [1.54, 1.807) is 26.8 Å². The highest BCUT2D eigenvalue weighted by Gasteiger charge is 2.47. The molecule has 0 aliphatic carbocycles. The molecule has 1 aromatic carbocycles. The lowest BCUT2D eigenvalue weighted by molar-refractivity contribution is -0.147. The summed E-state index contributed by atoms with van der Waals surface area (Å²) < 4.78 is 17.4. The molecule has 0 fully saturated rings. The third-order valence-electron chi connectivity index (χ3n) is 6.68. The van der Waals surface area contributed by atoms with Crippen molar-refractivity contribution < 1.29 is 28.3 Å². The average Bonchev–Trinajstić information content (AvgIpc) is 2.73. The first-order valence-corrected chi connectivity index (χ1v) is 14.2. The van der Waals surface area contributed by atoms with Crippen molar-refractivity contribution in [1.82, 2.24) is 4.90 Å². The van der Waals surface area contributed by atoms with Gasteiger partial charge in [0.25, 0.3) is 8.32 Å². The number of carbonyl (C=O) groups excluding carboxylic acids is 3. The Bertz CT molecular complexity index is 897. The van der Waals surface area contributed by atoms with Crippen molar-refractivity contribution in [2.45, 2.75) is 104 Å². The molecule has 0 saturated heterocycles. The van der Waals surface area contributed by atoms with E-state index in [4.69, 9.17) is 13.9 Å². The number of methoxy groups -OCH3 is 1. The SMILES string of the molecule is COC(=O)[C@@H]1Cc2cc(C=O)c(O[Si](C(C)C)(C(C)C)C(C)C)cc2CN1C(=O)OC(C)(C)C. The van der Waals surface area contributed by atoms with E-state index in [2.05, 4.69) is 41.5 Å². The van der Waals surface area contributed by atoms with Crippen LogP contribution in [0.2, 0.25) is 16.6 Å². The topological polar surface area (TPSA) is 82.1 Å². The number of aldehydes is 1. The number of hydrogen-bond acceptors (Lipinski definition) is 6. The molecule has 1 aliphatic heterocycles.